The Bertz CT molecular complexity index is 607. The van der Waals surface area contributed by atoms with Crippen molar-refractivity contribution in [1.29, 1.82) is 0 Å². The topological polar surface area (TPSA) is 114 Å². The van der Waals surface area contributed by atoms with Crippen molar-refractivity contribution in [1.82, 2.24) is 15.4 Å². The number of H-pyrrole nitrogens is 1. The van der Waals surface area contributed by atoms with Gasteiger partial charge in [-0.05, 0) is 6.07 Å². The minimum atomic E-state index is -0.416. The summed E-state index contributed by atoms with van der Waals surface area (Å²) in [6.07, 6.45) is 2.75. The lowest BCUT2D eigenvalue weighted by Crippen LogP contribution is -2.29. The highest BCUT2D eigenvalue weighted by Gasteiger charge is 2.09. The number of carbonyl (C=O) groups is 1. The molecule has 18 heavy (non-hydrogen) atoms. The fourth-order valence-electron chi connectivity index (χ4n) is 1.22. The third-order valence-corrected chi connectivity index (χ3v) is 2.96. The van der Waals surface area contributed by atoms with E-state index in [0.29, 0.717) is 22.2 Å². The highest BCUT2D eigenvalue weighted by atomic mass is 32.2. The average Bonchev–Trinajstić information content (AvgIpc) is 2.84. The average molecular weight is 266 g/mol. The first-order valence-corrected chi connectivity index (χ1v) is 5.94. The molecule has 94 valence electrons. The monoisotopic (exact) mass is 266 g/mol. The van der Waals surface area contributed by atoms with Crippen LogP contribution in [0.5, 0.6) is 0 Å². The molecule has 8 heteroatoms. The summed E-state index contributed by atoms with van der Waals surface area (Å²) >= 11 is 1.30. The predicted molar refractivity (Wildman–Crippen MR) is 64.8 cm³/mol. The SMILES string of the molecule is NNC(=O)c1coc(CSc2nccc(=O)[nH]2)c1. The summed E-state index contributed by atoms with van der Waals surface area (Å²) in [5, 5.41) is 0.490. The van der Waals surface area contributed by atoms with Gasteiger partial charge in [-0.2, -0.15) is 0 Å². The lowest BCUT2D eigenvalue weighted by atomic mass is 10.3. The number of nitrogens with zero attached hydrogens (tertiary/aromatic N) is 1. The number of furan rings is 1. The summed E-state index contributed by atoms with van der Waals surface area (Å²) in [5.74, 6) is 5.62. The molecule has 0 unspecified atom stereocenters. The minimum Gasteiger partial charge on any atom is -0.468 e. The molecular weight excluding hydrogens is 256 g/mol. The number of nitrogens with two attached hydrogens (primary N) is 1. The van der Waals surface area contributed by atoms with Crippen LogP contribution in [0.25, 0.3) is 0 Å². The highest BCUT2D eigenvalue weighted by molar-refractivity contribution is 7.98. The Labute approximate surface area is 106 Å². The van der Waals surface area contributed by atoms with Crippen molar-refractivity contribution in [3.8, 4) is 0 Å². The van der Waals surface area contributed by atoms with Crippen molar-refractivity contribution in [3.05, 3.63) is 46.3 Å². The first-order valence-electron chi connectivity index (χ1n) is 4.95. The van der Waals surface area contributed by atoms with Gasteiger partial charge in [0.25, 0.3) is 11.5 Å². The van der Waals surface area contributed by atoms with Crippen molar-refractivity contribution in [2.45, 2.75) is 10.9 Å². The predicted octanol–water partition coefficient (Wildman–Crippen LogP) is 0.259. The van der Waals surface area contributed by atoms with E-state index >= 15 is 0 Å². The third-order valence-electron chi connectivity index (χ3n) is 2.05. The van der Waals surface area contributed by atoms with Gasteiger partial charge in [0, 0.05) is 12.3 Å². The molecule has 2 heterocycles. The number of thioether (sulfide) groups is 1. The minimum absolute atomic E-state index is 0.213. The fraction of sp³-hybridized carbons (Fsp3) is 0.100. The van der Waals surface area contributed by atoms with Crippen LogP contribution in [-0.4, -0.2) is 15.9 Å². The highest BCUT2D eigenvalue weighted by Crippen LogP contribution is 2.19. The second kappa shape index (κ2) is 5.52. The molecule has 0 fully saturated rings. The number of aromatic nitrogens is 2. The molecule has 0 atom stereocenters. The number of nitrogen functional groups attached to an aromatic ring is 1. The summed E-state index contributed by atoms with van der Waals surface area (Å²) in [4.78, 5) is 28.8. The molecular formula is C10H10N4O3S. The van der Waals surface area contributed by atoms with Gasteiger partial charge >= 0.3 is 0 Å². The van der Waals surface area contributed by atoms with Gasteiger partial charge in [-0.25, -0.2) is 10.8 Å². The van der Waals surface area contributed by atoms with Crippen LogP contribution in [0.4, 0.5) is 0 Å². The Morgan fingerprint density at radius 3 is 3.17 bits per heavy atom. The molecule has 0 saturated heterocycles. The molecule has 0 aliphatic rings. The van der Waals surface area contributed by atoms with Crippen LogP contribution in [0.1, 0.15) is 16.1 Å². The van der Waals surface area contributed by atoms with Gasteiger partial charge in [-0.3, -0.25) is 15.0 Å². The number of aromatic amines is 1. The summed E-state index contributed by atoms with van der Waals surface area (Å²) in [6.45, 7) is 0. The van der Waals surface area contributed by atoms with Crippen molar-refractivity contribution >= 4 is 17.7 Å². The van der Waals surface area contributed by atoms with E-state index in [1.165, 1.54) is 30.3 Å². The maximum atomic E-state index is 11.2. The number of hydrazine groups is 1. The van der Waals surface area contributed by atoms with Gasteiger partial charge in [-0.15, -0.1) is 0 Å². The molecule has 0 aromatic carbocycles. The molecule has 2 rings (SSSR count). The largest absolute Gasteiger partial charge is 0.468 e. The van der Waals surface area contributed by atoms with E-state index in [-0.39, 0.29) is 5.56 Å². The number of amides is 1. The third kappa shape index (κ3) is 2.99. The molecule has 0 spiro atoms. The summed E-state index contributed by atoms with van der Waals surface area (Å²) in [5.41, 5.74) is 2.15. The van der Waals surface area contributed by atoms with Gasteiger partial charge < -0.3 is 9.40 Å². The Morgan fingerprint density at radius 2 is 2.44 bits per heavy atom. The van der Waals surface area contributed by atoms with Crippen LogP contribution in [0.3, 0.4) is 0 Å². The maximum absolute atomic E-state index is 11.2. The molecule has 2 aromatic heterocycles. The lowest BCUT2D eigenvalue weighted by molar-refractivity contribution is 0.0953. The smallest absolute Gasteiger partial charge is 0.268 e. The molecule has 0 aliphatic carbocycles. The second-order valence-electron chi connectivity index (χ2n) is 3.30. The molecule has 1 amide bonds. The van der Waals surface area contributed by atoms with E-state index in [2.05, 4.69) is 9.97 Å². The Hall–Kier alpha value is -2.06. The number of rotatable bonds is 4. The second-order valence-corrected chi connectivity index (χ2v) is 4.27. The van der Waals surface area contributed by atoms with Gasteiger partial charge in [0.05, 0.1) is 11.3 Å². The van der Waals surface area contributed by atoms with Gasteiger partial charge in [-0.1, -0.05) is 11.8 Å². The summed E-state index contributed by atoms with van der Waals surface area (Å²) < 4.78 is 5.18. The van der Waals surface area contributed by atoms with Crippen LogP contribution in [0.15, 0.2) is 39.0 Å². The van der Waals surface area contributed by atoms with Crippen LogP contribution in [0.2, 0.25) is 0 Å². The zero-order chi connectivity index (χ0) is 13.0. The van der Waals surface area contributed by atoms with E-state index in [1.54, 1.807) is 6.07 Å². The lowest BCUT2D eigenvalue weighted by Gasteiger charge is -1.96. The van der Waals surface area contributed by atoms with Crippen molar-refractivity contribution in [2.24, 2.45) is 5.84 Å². The van der Waals surface area contributed by atoms with E-state index < -0.39 is 5.91 Å². The standard InChI is InChI=1S/C10H10N4O3S/c11-14-9(16)6-3-7(17-4-6)5-18-10-12-2-1-8(15)13-10/h1-4H,5,11H2,(H,14,16)(H,12,13,15). The van der Waals surface area contributed by atoms with Crippen LogP contribution in [0, 0.1) is 0 Å². The quantitative estimate of drug-likeness (QED) is 0.240. The van der Waals surface area contributed by atoms with Crippen LogP contribution >= 0.6 is 11.8 Å². The number of nitrogens with one attached hydrogen (secondary N) is 2. The fourth-order valence-corrected chi connectivity index (χ4v) is 1.96. The zero-order valence-electron chi connectivity index (χ0n) is 9.17. The van der Waals surface area contributed by atoms with E-state index in [9.17, 15) is 9.59 Å². The summed E-state index contributed by atoms with van der Waals surface area (Å²) in [6, 6.07) is 2.91. The van der Waals surface area contributed by atoms with E-state index in [1.807, 2.05) is 5.43 Å². The molecule has 0 radical (unpaired) electrons. The molecule has 0 bridgehead atoms. The Balaban J connectivity index is 2.00. The van der Waals surface area contributed by atoms with Gasteiger partial charge in [0.1, 0.15) is 12.0 Å². The number of hydrogen-bond donors (Lipinski definition) is 3. The Morgan fingerprint density at radius 1 is 1.61 bits per heavy atom. The van der Waals surface area contributed by atoms with Crippen LogP contribution < -0.4 is 16.8 Å². The first kappa shape index (κ1) is 12.4. The maximum Gasteiger partial charge on any atom is 0.268 e. The number of hydrogen-bond acceptors (Lipinski definition) is 6. The molecule has 0 saturated carbocycles. The molecule has 2 aromatic rings. The zero-order valence-corrected chi connectivity index (χ0v) is 9.99. The van der Waals surface area contributed by atoms with Crippen molar-refractivity contribution in [2.75, 3.05) is 0 Å². The molecule has 0 aliphatic heterocycles. The molecule has 4 N–H and O–H groups in total. The summed E-state index contributed by atoms with van der Waals surface area (Å²) in [7, 11) is 0. The first-order chi connectivity index (χ1) is 8.69. The normalized spacial score (nSPS) is 10.3. The number of carbonyl (C=O) groups excluding carboxylic acids is 1. The Kier molecular flexibility index (Phi) is 3.80. The van der Waals surface area contributed by atoms with E-state index in [0.717, 1.165) is 0 Å². The molecule has 7 nitrogen and oxygen atoms in total. The van der Waals surface area contributed by atoms with E-state index in [4.69, 9.17) is 10.3 Å². The van der Waals surface area contributed by atoms with Gasteiger partial charge in [0.2, 0.25) is 0 Å². The van der Waals surface area contributed by atoms with Crippen molar-refractivity contribution < 1.29 is 9.21 Å². The van der Waals surface area contributed by atoms with Crippen molar-refractivity contribution in [3.63, 3.8) is 0 Å². The van der Waals surface area contributed by atoms with Crippen LogP contribution in [-0.2, 0) is 5.75 Å². The van der Waals surface area contributed by atoms with Gasteiger partial charge in [0.15, 0.2) is 5.16 Å².